The SMILES string of the molecule is O=C(N/N=C/C12c3ccccc3C(c3ccccc31)[C@@H]1C(=O)N(c3ccc(Br)cc3)C(=O)[C@@H]12)c1cc(Br)ccc1O. The number of phenolic OH excluding ortho intramolecular Hbond substituents is 1. The highest BCUT2D eigenvalue weighted by molar-refractivity contribution is 9.10. The fourth-order valence-corrected chi connectivity index (χ4v) is 7.46. The molecule has 0 aromatic heterocycles. The van der Waals surface area contributed by atoms with Crippen LogP contribution in [0.15, 0.2) is 105 Å². The number of carbonyl (C=O) groups is 3. The lowest BCUT2D eigenvalue weighted by atomic mass is 9.47. The number of rotatable bonds is 4. The average Bonchev–Trinajstić information content (AvgIpc) is 3.25. The number of benzene rings is 4. The lowest BCUT2D eigenvalue weighted by Crippen LogP contribution is -2.54. The summed E-state index contributed by atoms with van der Waals surface area (Å²) >= 11 is 6.75. The summed E-state index contributed by atoms with van der Waals surface area (Å²) in [6.07, 6.45) is 1.60. The van der Waals surface area contributed by atoms with Crippen LogP contribution in [-0.2, 0) is 15.0 Å². The van der Waals surface area contributed by atoms with E-state index in [9.17, 15) is 19.5 Å². The van der Waals surface area contributed by atoms with Gasteiger partial charge >= 0.3 is 0 Å². The second-order valence-corrected chi connectivity index (χ2v) is 12.2. The number of hydrazone groups is 1. The van der Waals surface area contributed by atoms with Gasteiger partial charge in [-0.3, -0.25) is 14.4 Å². The van der Waals surface area contributed by atoms with Crippen LogP contribution >= 0.6 is 31.9 Å². The molecule has 1 fully saturated rings. The molecule has 9 heteroatoms. The van der Waals surface area contributed by atoms with Gasteiger partial charge in [-0.25, -0.2) is 10.3 Å². The van der Waals surface area contributed by atoms with Crippen LogP contribution in [0.4, 0.5) is 5.69 Å². The van der Waals surface area contributed by atoms with Gasteiger partial charge in [0.25, 0.3) is 5.91 Å². The summed E-state index contributed by atoms with van der Waals surface area (Å²) in [6, 6.07) is 27.3. The zero-order valence-electron chi connectivity index (χ0n) is 21.3. The standard InChI is InChI=1S/C32H21Br2N3O4/c33-17-9-12-19(13-10-17)37-30(40)27-26-20-5-1-3-7-23(20)32(28(27)31(37)41,24-8-4-2-6-21(24)26)16-35-36-29(39)22-15-18(34)11-14-25(22)38/h1-16,26-28,38H,(H,36,39)/b35-16+/t26?,27-,28+,32?/m0/s1. The van der Waals surface area contributed by atoms with Crippen LogP contribution in [0.2, 0.25) is 0 Å². The van der Waals surface area contributed by atoms with Gasteiger partial charge in [0.15, 0.2) is 0 Å². The maximum atomic E-state index is 14.4. The van der Waals surface area contributed by atoms with Crippen LogP contribution in [0.25, 0.3) is 0 Å². The number of anilines is 1. The van der Waals surface area contributed by atoms with E-state index in [2.05, 4.69) is 42.4 Å². The van der Waals surface area contributed by atoms with Crippen LogP contribution in [0, 0.1) is 11.8 Å². The van der Waals surface area contributed by atoms with Crippen molar-refractivity contribution in [1.29, 1.82) is 0 Å². The number of hydrogen-bond acceptors (Lipinski definition) is 5. The van der Waals surface area contributed by atoms with Gasteiger partial charge < -0.3 is 5.11 Å². The van der Waals surface area contributed by atoms with E-state index in [0.29, 0.717) is 10.2 Å². The predicted molar refractivity (Wildman–Crippen MR) is 161 cm³/mol. The first-order valence-corrected chi connectivity index (χ1v) is 14.6. The molecule has 3 aliphatic carbocycles. The molecular formula is C32H21Br2N3O4. The van der Waals surface area contributed by atoms with Gasteiger partial charge in [-0.1, -0.05) is 80.4 Å². The smallest absolute Gasteiger partial charge is 0.275 e. The molecule has 0 saturated carbocycles. The largest absolute Gasteiger partial charge is 0.507 e. The summed E-state index contributed by atoms with van der Waals surface area (Å²) in [6.45, 7) is 0. The van der Waals surface area contributed by atoms with E-state index in [1.165, 1.54) is 17.0 Å². The fraction of sp³-hybridized carbons (Fsp3) is 0.125. The third-order valence-electron chi connectivity index (χ3n) is 8.41. The van der Waals surface area contributed by atoms with E-state index < -0.39 is 23.2 Å². The number of hydrogen-bond donors (Lipinski definition) is 2. The summed E-state index contributed by atoms with van der Waals surface area (Å²) in [4.78, 5) is 42.8. The summed E-state index contributed by atoms with van der Waals surface area (Å²) in [5.41, 5.74) is 5.68. The molecule has 4 aromatic rings. The highest BCUT2D eigenvalue weighted by atomic mass is 79.9. The van der Waals surface area contributed by atoms with Crippen molar-refractivity contribution < 1.29 is 19.5 Å². The Hall–Kier alpha value is -4.08. The second kappa shape index (κ2) is 9.49. The van der Waals surface area contributed by atoms with Gasteiger partial charge in [-0.2, -0.15) is 5.10 Å². The van der Waals surface area contributed by atoms with Crippen LogP contribution in [0.3, 0.4) is 0 Å². The van der Waals surface area contributed by atoms with E-state index in [0.717, 1.165) is 26.7 Å². The highest BCUT2D eigenvalue weighted by Gasteiger charge is 2.68. The molecule has 2 atom stereocenters. The minimum Gasteiger partial charge on any atom is -0.507 e. The van der Waals surface area contributed by atoms with Crippen molar-refractivity contribution in [2.24, 2.45) is 16.9 Å². The minimum atomic E-state index is -1.12. The number of carbonyl (C=O) groups excluding carboxylic acids is 3. The Balaban J connectivity index is 1.40. The zero-order valence-corrected chi connectivity index (χ0v) is 24.5. The Morgan fingerprint density at radius 2 is 1.46 bits per heavy atom. The van der Waals surface area contributed by atoms with Crippen LogP contribution in [0.5, 0.6) is 5.75 Å². The lowest BCUT2D eigenvalue weighted by molar-refractivity contribution is -0.122. The molecule has 8 rings (SSSR count). The Morgan fingerprint density at radius 3 is 2.12 bits per heavy atom. The molecule has 1 aliphatic heterocycles. The van der Waals surface area contributed by atoms with E-state index in [1.807, 2.05) is 48.5 Å². The number of imide groups is 1. The first-order chi connectivity index (χ1) is 19.8. The Labute approximate surface area is 252 Å². The molecule has 0 unspecified atom stereocenters. The van der Waals surface area contributed by atoms with Crippen molar-refractivity contribution in [2.75, 3.05) is 4.90 Å². The molecule has 7 nitrogen and oxygen atoms in total. The van der Waals surface area contributed by atoms with Crippen LogP contribution in [0.1, 0.15) is 38.5 Å². The molecule has 2 N–H and O–H groups in total. The highest BCUT2D eigenvalue weighted by Crippen LogP contribution is 2.63. The number of halogens is 2. The Bertz CT molecular complexity index is 1760. The van der Waals surface area contributed by atoms with Crippen LogP contribution < -0.4 is 10.3 Å². The molecule has 0 spiro atoms. The fourth-order valence-electron chi connectivity index (χ4n) is 6.84. The number of aromatic hydroxyl groups is 1. The van der Waals surface area contributed by atoms with Crippen LogP contribution in [-0.4, -0.2) is 29.0 Å². The van der Waals surface area contributed by atoms with Gasteiger partial charge in [0, 0.05) is 21.1 Å². The van der Waals surface area contributed by atoms with Gasteiger partial charge in [-0.15, -0.1) is 0 Å². The van der Waals surface area contributed by atoms with E-state index in [1.54, 1.807) is 36.5 Å². The molecule has 202 valence electrons. The van der Waals surface area contributed by atoms with E-state index in [4.69, 9.17) is 0 Å². The van der Waals surface area contributed by atoms with Crippen molar-refractivity contribution in [3.63, 3.8) is 0 Å². The number of amides is 3. The van der Waals surface area contributed by atoms with Crippen molar-refractivity contribution in [3.05, 3.63) is 128 Å². The second-order valence-electron chi connectivity index (χ2n) is 10.4. The topological polar surface area (TPSA) is 99.1 Å². The quantitative estimate of drug-likeness (QED) is 0.161. The molecule has 1 saturated heterocycles. The van der Waals surface area contributed by atoms with Crippen molar-refractivity contribution in [2.45, 2.75) is 11.3 Å². The summed E-state index contributed by atoms with van der Waals surface area (Å²) in [5, 5.41) is 14.6. The number of nitrogens with zero attached hydrogens (tertiary/aromatic N) is 2. The molecule has 2 bridgehead atoms. The van der Waals surface area contributed by atoms with Gasteiger partial charge in [0.05, 0.1) is 28.5 Å². The number of nitrogens with one attached hydrogen (secondary N) is 1. The molecule has 4 aliphatic rings. The third-order valence-corrected chi connectivity index (χ3v) is 9.43. The molecular weight excluding hydrogens is 650 g/mol. The third kappa shape index (κ3) is 3.68. The Kier molecular flexibility index (Phi) is 5.99. The molecule has 3 amide bonds. The van der Waals surface area contributed by atoms with Crippen molar-refractivity contribution >= 4 is 61.5 Å². The van der Waals surface area contributed by atoms with E-state index in [-0.39, 0.29) is 29.0 Å². The maximum absolute atomic E-state index is 14.4. The molecule has 1 heterocycles. The number of phenols is 1. The molecule has 41 heavy (non-hydrogen) atoms. The lowest BCUT2D eigenvalue weighted by Gasteiger charge is -2.52. The van der Waals surface area contributed by atoms with Gasteiger partial charge in [0.2, 0.25) is 11.8 Å². The normalized spacial score (nSPS) is 23.9. The Morgan fingerprint density at radius 1 is 0.854 bits per heavy atom. The maximum Gasteiger partial charge on any atom is 0.275 e. The molecule has 0 radical (unpaired) electrons. The van der Waals surface area contributed by atoms with Crippen molar-refractivity contribution in [1.82, 2.24) is 5.43 Å². The first-order valence-electron chi connectivity index (χ1n) is 13.0. The summed E-state index contributed by atoms with van der Waals surface area (Å²) < 4.78 is 1.47. The predicted octanol–water partition coefficient (Wildman–Crippen LogP) is 5.88. The van der Waals surface area contributed by atoms with Gasteiger partial charge in [0.1, 0.15) is 5.75 Å². The summed E-state index contributed by atoms with van der Waals surface area (Å²) in [7, 11) is 0. The van der Waals surface area contributed by atoms with Gasteiger partial charge in [-0.05, 0) is 64.7 Å². The molecule has 4 aromatic carbocycles. The van der Waals surface area contributed by atoms with Crippen molar-refractivity contribution in [3.8, 4) is 5.75 Å². The monoisotopic (exact) mass is 669 g/mol. The van der Waals surface area contributed by atoms with E-state index >= 15 is 0 Å². The first kappa shape index (κ1) is 25.9. The average molecular weight is 671 g/mol. The zero-order chi connectivity index (χ0) is 28.5. The summed E-state index contributed by atoms with van der Waals surface area (Å²) in [5.74, 6) is -3.07. The minimum absolute atomic E-state index is 0.0496.